The highest BCUT2D eigenvalue weighted by atomic mass is 16.5. The summed E-state index contributed by atoms with van der Waals surface area (Å²) in [7, 11) is 0. The first-order chi connectivity index (χ1) is 9.11. The molecule has 0 saturated heterocycles. The minimum absolute atomic E-state index is 0.138. The predicted molar refractivity (Wildman–Crippen MR) is 81.0 cm³/mol. The van der Waals surface area contributed by atoms with Crippen molar-refractivity contribution >= 4 is 0 Å². The summed E-state index contributed by atoms with van der Waals surface area (Å²) in [5.41, 5.74) is 1.20. The zero-order valence-electron chi connectivity index (χ0n) is 12.5. The Hall–Kier alpha value is -0.860. The molecule has 19 heavy (non-hydrogen) atoms. The van der Waals surface area contributed by atoms with Crippen LogP contribution >= 0.6 is 0 Å². The van der Waals surface area contributed by atoms with Gasteiger partial charge in [0.1, 0.15) is 0 Å². The fourth-order valence-electron chi connectivity index (χ4n) is 2.49. The Morgan fingerprint density at radius 1 is 1.37 bits per heavy atom. The van der Waals surface area contributed by atoms with Crippen LogP contribution in [-0.2, 0) is 4.74 Å². The fourth-order valence-corrected chi connectivity index (χ4v) is 2.49. The highest BCUT2D eigenvalue weighted by molar-refractivity contribution is 5.21. The molecule has 0 aromatic carbocycles. The Kier molecular flexibility index (Phi) is 7.11. The second-order valence-electron chi connectivity index (χ2n) is 5.46. The van der Waals surface area contributed by atoms with Crippen molar-refractivity contribution in [3.05, 3.63) is 36.5 Å². The number of allylic oxidation sites excluding steroid dienone is 3. The number of rotatable bonds is 7. The van der Waals surface area contributed by atoms with E-state index < -0.39 is 0 Å². The highest BCUT2D eigenvalue weighted by Crippen LogP contribution is 2.33. The van der Waals surface area contributed by atoms with Crippen molar-refractivity contribution in [2.75, 3.05) is 6.61 Å². The molecule has 2 nitrogen and oxygen atoms in total. The molecule has 0 aromatic heterocycles. The van der Waals surface area contributed by atoms with Crippen molar-refractivity contribution in [1.82, 2.24) is 0 Å². The van der Waals surface area contributed by atoms with E-state index in [0.717, 1.165) is 25.9 Å². The minimum Gasteiger partial charge on any atom is -0.389 e. The first-order valence-corrected chi connectivity index (χ1v) is 7.39. The fraction of sp³-hybridized carbons (Fsp3) is 0.647. The van der Waals surface area contributed by atoms with Gasteiger partial charge in [-0.2, -0.15) is 0 Å². The van der Waals surface area contributed by atoms with Crippen LogP contribution in [0.15, 0.2) is 36.5 Å². The molecule has 0 radical (unpaired) electrons. The lowest BCUT2D eigenvalue weighted by molar-refractivity contribution is -0.0111. The van der Waals surface area contributed by atoms with E-state index in [4.69, 9.17) is 4.74 Å². The van der Waals surface area contributed by atoms with Crippen molar-refractivity contribution in [3.8, 4) is 0 Å². The second-order valence-corrected chi connectivity index (χ2v) is 5.46. The Balaban J connectivity index is 2.76. The molecule has 0 fully saturated rings. The van der Waals surface area contributed by atoms with Gasteiger partial charge in [0, 0.05) is 6.61 Å². The highest BCUT2D eigenvalue weighted by Gasteiger charge is 2.34. The molecule has 4 unspecified atom stereocenters. The van der Waals surface area contributed by atoms with Crippen LogP contribution in [0.1, 0.15) is 40.0 Å². The van der Waals surface area contributed by atoms with E-state index in [-0.39, 0.29) is 18.1 Å². The lowest BCUT2D eigenvalue weighted by Crippen LogP contribution is -2.38. The van der Waals surface area contributed by atoms with Gasteiger partial charge in [-0.3, -0.25) is 0 Å². The Bertz CT molecular complexity index is 330. The van der Waals surface area contributed by atoms with Crippen molar-refractivity contribution in [2.24, 2.45) is 11.8 Å². The topological polar surface area (TPSA) is 29.5 Å². The smallest absolute Gasteiger partial charge is 0.0818 e. The molecule has 1 aliphatic rings. The molecule has 0 aliphatic heterocycles. The van der Waals surface area contributed by atoms with E-state index >= 15 is 0 Å². The van der Waals surface area contributed by atoms with Gasteiger partial charge in [0.05, 0.1) is 12.2 Å². The molecule has 4 atom stereocenters. The number of aliphatic hydroxyl groups is 1. The lowest BCUT2D eigenvalue weighted by Gasteiger charge is -2.37. The second kappa shape index (κ2) is 8.34. The van der Waals surface area contributed by atoms with Gasteiger partial charge in [0.15, 0.2) is 0 Å². The zero-order chi connectivity index (χ0) is 14.3. The van der Waals surface area contributed by atoms with Crippen LogP contribution in [0.25, 0.3) is 0 Å². The van der Waals surface area contributed by atoms with Gasteiger partial charge >= 0.3 is 0 Å². The summed E-state index contributed by atoms with van der Waals surface area (Å²) in [6.07, 6.45) is 10.6. The van der Waals surface area contributed by atoms with Crippen LogP contribution in [0, 0.1) is 11.8 Å². The predicted octanol–water partition coefficient (Wildman–Crippen LogP) is 3.88. The Morgan fingerprint density at radius 2 is 2.11 bits per heavy atom. The third-order valence-electron chi connectivity index (χ3n) is 4.02. The van der Waals surface area contributed by atoms with E-state index in [9.17, 15) is 5.11 Å². The number of unbranched alkanes of at least 4 members (excludes halogenated alkanes) is 1. The maximum absolute atomic E-state index is 10.1. The van der Waals surface area contributed by atoms with Gasteiger partial charge in [0.2, 0.25) is 0 Å². The van der Waals surface area contributed by atoms with Crippen LogP contribution in [0.4, 0.5) is 0 Å². The van der Waals surface area contributed by atoms with Crippen LogP contribution < -0.4 is 0 Å². The summed E-state index contributed by atoms with van der Waals surface area (Å²) in [4.78, 5) is 0. The van der Waals surface area contributed by atoms with Crippen LogP contribution in [0.2, 0.25) is 0 Å². The maximum atomic E-state index is 10.1. The van der Waals surface area contributed by atoms with E-state index in [0.29, 0.717) is 5.92 Å². The molecule has 0 spiro atoms. The average Bonchev–Trinajstić information content (AvgIpc) is 2.40. The van der Waals surface area contributed by atoms with Crippen molar-refractivity contribution in [3.63, 3.8) is 0 Å². The van der Waals surface area contributed by atoms with Crippen LogP contribution in [0.5, 0.6) is 0 Å². The molecular weight excluding hydrogens is 236 g/mol. The average molecular weight is 264 g/mol. The van der Waals surface area contributed by atoms with Crippen LogP contribution in [-0.4, -0.2) is 23.9 Å². The molecular formula is C17H28O2. The number of aliphatic hydroxyl groups excluding tert-OH is 1. The van der Waals surface area contributed by atoms with Gasteiger partial charge in [-0.1, -0.05) is 58.1 Å². The molecule has 0 amide bonds. The molecule has 1 N–H and O–H groups in total. The largest absolute Gasteiger partial charge is 0.389 e. The first kappa shape index (κ1) is 16.2. The Morgan fingerprint density at radius 3 is 2.74 bits per heavy atom. The number of ether oxygens (including phenoxy) is 1. The SMILES string of the molecule is C=CC=CCC1=CC(O)C(C)C(C)C1OCCCC. The summed E-state index contributed by atoms with van der Waals surface area (Å²) in [5.74, 6) is 0.600. The summed E-state index contributed by atoms with van der Waals surface area (Å²) < 4.78 is 6.06. The monoisotopic (exact) mass is 264 g/mol. The normalized spacial score (nSPS) is 31.5. The van der Waals surface area contributed by atoms with Gasteiger partial charge in [0.25, 0.3) is 0 Å². The van der Waals surface area contributed by atoms with E-state index in [1.54, 1.807) is 6.08 Å². The third kappa shape index (κ3) is 4.63. The minimum atomic E-state index is -0.354. The third-order valence-corrected chi connectivity index (χ3v) is 4.02. The molecule has 2 heteroatoms. The van der Waals surface area contributed by atoms with Gasteiger partial charge in [-0.15, -0.1) is 0 Å². The Labute approximate surface area is 117 Å². The molecule has 0 bridgehead atoms. The molecule has 108 valence electrons. The molecule has 0 heterocycles. The van der Waals surface area contributed by atoms with E-state index in [1.807, 2.05) is 12.2 Å². The van der Waals surface area contributed by atoms with Crippen molar-refractivity contribution in [1.29, 1.82) is 0 Å². The van der Waals surface area contributed by atoms with Gasteiger partial charge in [-0.25, -0.2) is 0 Å². The van der Waals surface area contributed by atoms with Gasteiger partial charge < -0.3 is 9.84 Å². The van der Waals surface area contributed by atoms with Gasteiger partial charge in [-0.05, 0) is 30.3 Å². The maximum Gasteiger partial charge on any atom is 0.0818 e. The van der Waals surface area contributed by atoms with Crippen molar-refractivity contribution in [2.45, 2.75) is 52.2 Å². The standard InChI is InChI=1S/C17H28O2/c1-5-7-9-10-15-12-16(18)13(3)14(4)17(15)19-11-8-6-2/h5,7,9,12-14,16-18H,1,6,8,10-11H2,2-4H3. The lowest BCUT2D eigenvalue weighted by atomic mass is 9.77. The summed E-state index contributed by atoms with van der Waals surface area (Å²) in [6, 6.07) is 0. The first-order valence-electron chi connectivity index (χ1n) is 7.39. The number of hydrogen-bond acceptors (Lipinski definition) is 2. The summed E-state index contributed by atoms with van der Waals surface area (Å²) in [5, 5.41) is 10.1. The molecule has 0 saturated carbocycles. The zero-order valence-corrected chi connectivity index (χ0v) is 12.5. The van der Waals surface area contributed by atoms with Crippen molar-refractivity contribution < 1.29 is 9.84 Å². The van der Waals surface area contributed by atoms with Crippen LogP contribution in [0.3, 0.4) is 0 Å². The molecule has 1 rings (SSSR count). The molecule has 1 aliphatic carbocycles. The summed E-state index contributed by atoms with van der Waals surface area (Å²) >= 11 is 0. The van der Waals surface area contributed by atoms with E-state index in [1.165, 1.54) is 5.57 Å². The van der Waals surface area contributed by atoms with E-state index in [2.05, 4.69) is 33.4 Å². The summed E-state index contributed by atoms with van der Waals surface area (Å²) in [6.45, 7) is 10.9. The quantitative estimate of drug-likeness (QED) is 0.429. The number of hydrogen-bond donors (Lipinski definition) is 1. The molecule has 0 aromatic rings.